The number of phenols is 1. The van der Waals surface area contributed by atoms with Gasteiger partial charge in [-0.3, -0.25) is 0 Å². The highest BCUT2D eigenvalue weighted by molar-refractivity contribution is 5.89. The van der Waals surface area contributed by atoms with Crippen LogP contribution in [0.5, 0.6) is 5.75 Å². The number of carbonyl (C=O) groups excluding carboxylic acids is 2. The van der Waals surface area contributed by atoms with Crippen molar-refractivity contribution >= 4 is 18.0 Å². The van der Waals surface area contributed by atoms with Gasteiger partial charge >= 0.3 is 11.9 Å². The number of phenolic OH excluding ortho intramolecular Hbond substituents is 1. The van der Waals surface area contributed by atoms with E-state index in [1.165, 1.54) is 14.2 Å². The van der Waals surface area contributed by atoms with E-state index in [9.17, 15) is 14.7 Å². The summed E-state index contributed by atoms with van der Waals surface area (Å²) in [4.78, 5) is 23.3. The second-order valence-electron chi connectivity index (χ2n) is 7.80. The third-order valence-electron chi connectivity index (χ3n) is 5.54. The van der Waals surface area contributed by atoms with Gasteiger partial charge in [-0.05, 0) is 66.6 Å². The largest absolute Gasteiger partial charge is 0.507 e. The van der Waals surface area contributed by atoms with E-state index in [1.807, 2.05) is 42.5 Å². The van der Waals surface area contributed by atoms with E-state index < -0.39 is 0 Å². The number of esters is 2. The number of hydrogen-bond acceptors (Lipinski definition) is 5. The maximum absolute atomic E-state index is 11.7. The first-order chi connectivity index (χ1) is 16.0. The van der Waals surface area contributed by atoms with E-state index in [1.54, 1.807) is 36.4 Å². The molecule has 0 bridgehead atoms. The fraction of sp³-hybridized carbons (Fsp3) is 0.214. The van der Waals surface area contributed by atoms with Crippen molar-refractivity contribution in [3.8, 4) is 5.75 Å². The molecule has 3 aromatic carbocycles. The van der Waals surface area contributed by atoms with Gasteiger partial charge in [-0.2, -0.15) is 0 Å². The van der Waals surface area contributed by atoms with Gasteiger partial charge < -0.3 is 14.6 Å². The van der Waals surface area contributed by atoms with Crippen LogP contribution in [-0.4, -0.2) is 31.3 Å². The Bertz CT molecular complexity index is 1100. The number of aryl methyl sites for hydroxylation is 1. The Morgan fingerprint density at radius 3 is 1.91 bits per heavy atom. The number of aromatic hydroxyl groups is 1. The maximum atomic E-state index is 11.7. The molecule has 0 saturated carbocycles. The van der Waals surface area contributed by atoms with Gasteiger partial charge in [0.15, 0.2) is 0 Å². The van der Waals surface area contributed by atoms with Crippen molar-refractivity contribution in [1.29, 1.82) is 0 Å². The molecule has 3 aromatic rings. The number of carbonyl (C=O) groups is 2. The van der Waals surface area contributed by atoms with Gasteiger partial charge in [0, 0.05) is 5.56 Å². The average Bonchev–Trinajstić information content (AvgIpc) is 2.86. The minimum absolute atomic E-state index is 0.203. The third-order valence-corrected chi connectivity index (χ3v) is 5.54. The number of ether oxygens (including phenoxy) is 2. The first kappa shape index (κ1) is 23.8. The molecule has 0 radical (unpaired) electrons. The molecule has 0 aromatic heterocycles. The Kier molecular flexibility index (Phi) is 8.42. The van der Waals surface area contributed by atoms with Gasteiger partial charge in [0.1, 0.15) is 5.75 Å². The lowest BCUT2D eigenvalue weighted by Gasteiger charge is -2.14. The minimum Gasteiger partial charge on any atom is -0.507 e. The molecule has 0 fully saturated rings. The summed E-state index contributed by atoms with van der Waals surface area (Å²) in [5.41, 5.74) is 4.06. The van der Waals surface area contributed by atoms with Crippen LogP contribution in [0.15, 0.2) is 78.9 Å². The molecule has 3 rings (SSSR count). The molecule has 1 N–H and O–H groups in total. The molecule has 0 heterocycles. The Balaban J connectivity index is 1.74. The number of allylic oxidation sites excluding steroid dienone is 1. The zero-order valence-electron chi connectivity index (χ0n) is 18.9. The van der Waals surface area contributed by atoms with E-state index in [2.05, 4.69) is 6.08 Å². The van der Waals surface area contributed by atoms with Crippen molar-refractivity contribution in [3.63, 3.8) is 0 Å². The summed E-state index contributed by atoms with van der Waals surface area (Å²) in [5, 5.41) is 10.1. The summed E-state index contributed by atoms with van der Waals surface area (Å²) in [6, 6.07) is 22.1. The van der Waals surface area contributed by atoms with Gasteiger partial charge in [-0.25, -0.2) is 9.59 Å². The van der Waals surface area contributed by atoms with Crippen LogP contribution in [0.25, 0.3) is 6.08 Å². The van der Waals surface area contributed by atoms with E-state index in [0.717, 1.165) is 36.0 Å². The van der Waals surface area contributed by atoms with Crippen molar-refractivity contribution in [2.24, 2.45) is 5.92 Å². The second-order valence-corrected chi connectivity index (χ2v) is 7.80. The van der Waals surface area contributed by atoms with Crippen LogP contribution in [-0.2, 0) is 22.3 Å². The molecule has 33 heavy (non-hydrogen) atoms. The Morgan fingerprint density at radius 2 is 1.36 bits per heavy atom. The number of hydrogen-bond donors (Lipinski definition) is 1. The maximum Gasteiger partial charge on any atom is 0.337 e. The smallest absolute Gasteiger partial charge is 0.337 e. The normalized spacial score (nSPS) is 11.8. The lowest BCUT2D eigenvalue weighted by Crippen LogP contribution is -2.06. The van der Waals surface area contributed by atoms with Crippen molar-refractivity contribution in [1.82, 2.24) is 0 Å². The van der Waals surface area contributed by atoms with Crippen molar-refractivity contribution in [3.05, 3.63) is 107 Å². The summed E-state index contributed by atoms with van der Waals surface area (Å²) in [7, 11) is 2.74. The van der Waals surface area contributed by atoms with E-state index >= 15 is 0 Å². The number of rotatable bonds is 9. The molecular weight excluding hydrogens is 416 g/mol. The molecule has 0 spiro atoms. The molecule has 0 aliphatic carbocycles. The van der Waals surface area contributed by atoms with Crippen molar-refractivity contribution in [2.75, 3.05) is 14.2 Å². The van der Waals surface area contributed by atoms with Gasteiger partial charge in [0.05, 0.1) is 25.3 Å². The Morgan fingerprint density at radius 1 is 0.818 bits per heavy atom. The summed E-state index contributed by atoms with van der Waals surface area (Å²) in [6.45, 7) is 0. The van der Waals surface area contributed by atoms with E-state index in [4.69, 9.17) is 9.47 Å². The molecule has 1 atom stereocenters. The van der Waals surface area contributed by atoms with Crippen LogP contribution in [0.1, 0.15) is 43.8 Å². The van der Waals surface area contributed by atoms with Crippen LogP contribution in [0, 0.1) is 5.92 Å². The first-order valence-corrected chi connectivity index (χ1v) is 10.8. The monoisotopic (exact) mass is 444 g/mol. The summed E-state index contributed by atoms with van der Waals surface area (Å²) >= 11 is 0. The molecule has 5 nitrogen and oxygen atoms in total. The summed E-state index contributed by atoms with van der Waals surface area (Å²) in [6.07, 6.45) is 6.55. The topological polar surface area (TPSA) is 72.8 Å². The van der Waals surface area contributed by atoms with Crippen LogP contribution >= 0.6 is 0 Å². The average molecular weight is 445 g/mol. The molecule has 0 saturated heterocycles. The molecule has 5 heteroatoms. The van der Waals surface area contributed by atoms with Crippen molar-refractivity contribution in [2.45, 2.75) is 19.3 Å². The lowest BCUT2D eigenvalue weighted by atomic mass is 9.91. The van der Waals surface area contributed by atoms with Crippen LogP contribution in [0.4, 0.5) is 0 Å². The minimum atomic E-state index is -0.354. The highest BCUT2D eigenvalue weighted by Crippen LogP contribution is 2.22. The highest BCUT2D eigenvalue weighted by atomic mass is 16.5. The number of methoxy groups -OCH3 is 2. The predicted octanol–water partition coefficient (Wildman–Crippen LogP) is 5.47. The van der Waals surface area contributed by atoms with Crippen molar-refractivity contribution < 1.29 is 24.2 Å². The fourth-order valence-corrected chi connectivity index (χ4v) is 3.61. The van der Waals surface area contributed by atoms with Gasteiger partial charge in [0.2, 0.25) is 0 Å². The zero-order chi connectivity index (χ0) is 23.6. The van der Waals surface area contributed by atoms with E-state index in [-0.39, 0.29) is 23.6 Å². The fourth-order valence-electron chi connectivity index (χ4n) is 3.61. The Labute approximate surface area is 194 Å². The summed E-state index contributed by atoms with van der Waals surface area (Å²) < 4.78 is 9.53. The molecule has 0 aliphatic rings. The molecule has 0 aliphatic heterocycles. The number of para-hydroxylation sites is 1. The van der Waals surface area contributed by atoms with Crippen LogP contribution < -0.4 is 0 Å². The standard InChI is InChI=1S/C28H28O5/c1-32-27(30)24-15-9-20(10-16-24)7-8-21(11-14-23-5-3-4-6-26(23)29)19-22-12-17-25(18-13-22)28(31)33-2/h3-6,9-18,21,29H,7-8,19H2,1-2H3. The molecular formula is C28H28O5. The Hall–Kier alpha value is -3.86. The second kappa shape index (κ2) is 11.7. The number of benzene rings is 3. The molecule has 0 amide bonds. The first-order valence-electron chi connectivity index (χ1n) is 10.8. The zero-order valence-corrected chi connectivity index (χ0v) is 18.9. The van der Waals surface area contributed by atoms with Crippen LogP contribution in [0.3, 0.4) is 0 Å². The third kappa shape index (κ3) is 6.81. The predicted molar refractivity (Wildman–Crippen MR) is 128 cm³/mol. The highest BCUT2D eigenvalue weighted by Gasteiger charge is 2.11. The van der Waals surface area contributed by atoms with Gasteiger partial charge in [0.25, 0.3) is 0 Å². The lowest BCUT2D eigenvalue weighted by molar-refractivity contribution is 0.0592. The van der Waals surface area contributed by atoms with E-state index in [0.29, 0.717) is 11.1 Å². The summed E-state index contributed by atoms with van der Waals surface area (Å²) in [5.74, 6) is -0.254. The van der Waals surface area contributed by atoms with Crippen LogP contribution in [0.2, 0.25) is 0 Å². The quantitative estimate of drug-likeness (QED) is 0.443. The SMILES string of the molecule is COC(=O)c1ccc(CCC(C=Cc2ccccc2O)Cc2ccc(C(=O)OC)cc2)cc1. The molecule has 170 valence electrons. The molecule has 1 unspecified atom stereocenters. The van der Waals surface area contributed by atoms with Gasteiger partial charge in [-0.15, -0.1) is 0 Å². The van der Waals surface area contributed by atoms with Gasteiger partial charge in [-0.1, -0.05) is 54.6 Å².